The zero-order valence-electron chi connectivity index (χ0n) is 14.6. The van der Waals surface area contributed by atoms with E-state index in [1.54, 1.807) is 6.92 Å². The Morgan fingerprint density at radius 1 is 1.29 bits per heavy atom. The van der Waals surface area contributed by atoms with Crippen LogP contribution in [0, 0.1) is 6.92 Å². The van der Waals surface area contributed by atoms with Crippen LogP contribution in [-0.4, -0.2) is 68.9 Å². The second-order valence-corrected chi connectivity index (χ2v) is 7.90. The summed E-state index contributed by atoms with van der Waals surface area (Å²) in [5.41, 5.74) is 6.38. The van der Waals surface area contributed by atoms with Crippen molar-refractivity contribution in [1.82, 2.24) is 28.8 Å². The molecule has 5 atom stereocenters. The Labute approximate surface area is 158 Å². The molecular formula is C14H18N7O6P. The van der Waals surface area contributed by atoms with Crippen LogP contribution in [-0.2, 0) is 13.8 Å². The van der Waals surface area contributed by atoms with Crippen LogP contribution in [0.3, 0.4) is 0 Å². The predicted molar refractivity (Wildman–Crippen MR) is 93.8 cm³/mol. The lowest BCUT2D eigenvalue weighted by molar-refractivity contribution is -0.0487. The van der Waals surface area contributed by atoms with Gasteiger partial charge >= 0.3 is 7.75 Å². The highest BCUT2D eigenvalue weighted by atomic mass is 31.2. The molecule has 0 aromatic carbocycles. The number of ether oxygens (including phenoxy) is 1. The summed E-state index contributed by atoms with van der Waals surface area (Å²) in [4.78, 5) is 26.0. The molecule has 1 fully saturated rings. The Bertz CT molecular complexity index is 1050. The van der Waals surface area contributed by atoms with E-state index in [1.807, 2.05) is 0 Å². The van der Waals surface area contributed by atoms with Crippen LogP contribution in [0.1, 0.15) is 12.1 Å². The summed E-state index contributed by atoms with van der Waals surface area (Å²) in [7, 11) is -4.23. The van der Waals surface area contributed by atoms with Gasteiger partial charge in [0.2, 0.25) is 0 Å². The minimum absolute atomic E-state index is 0.161. The standard InChI is InChI=1S/C14H18N7O6P/c1-7-16-2-3-21(7)28(24,25)26-4-8-10(22)11(23)14(27-8)20-6-19-9-12(15)17-5-18-13(9)20/h2-3,5-6,8,10-11,14,22-23H,4H2,1H3,(H,24,25)(H2,15,17,18)/t8-,10-,11-,14-/m1/s1. The Hall–Kier alpha value is -2.41. The van der Waals surface area contributed by atoms with Crippen molar-refractivity contribution in [1.29, 1.82) is 0 Å². The van der Waals surface area contributed by atoms with Crippen LogP contribution in [0.5, 0.6) is 0 Å². The van der Waals surface area contributed by atoms with Gasteiger partial charge < -0.3 is 25.6 Å². The molecule has 1 unspecified atom stereocenters. The minimum atomic E-state index is -4.23. The average Bonchev–Trinajstić information content (AvgIpc) is 3.34. The number of aliphatic hydroxyl groups excluding tert-OH is 2. The van der Waals surface area contributed by atoms with E-state index in [1.165, 1.54) is 29.6 Å². The molecule has 0 aliphatic carbocycles. The van der Waals surface area contributed by atoms with E-state index >= 15 is 0 Å². The van der Waals surface area contributed by atoms with Crippen LogP contribution in [0.15, 0.2) is 25.0 Å². The molecule has 3 aromatic rings. The van der Waals surface area contributed by atoms with E-state index in [2.05, 4.69) is 19.9 Å². The van der Waals surface area contributed by atoms with Gasteiger partial charge in [-0.1, -0.05) is 0 Å². The number of nitrogen functional groups attached to an aromatic ring is 1. The van der Waals surface area contributed by atoms with Gasteiger partial charge in [0, 0.05) is 12.4 Å². The maximum atomic E-state index is 12.4. The molecule has 0 spiro atoms. The van der Waals surface area contributed by atoms with Crippen molar-refractivity contribution in [2.75, 3.05) is 12.3 Å². The highest BCUT2D eigenvalue weighted by molar-refractivity contribution is 7.51. The van der Waals surface area contributed by atoms with Crippen molar-refractivity contribution in [2.45, 2.75) is 31.5 Å². The maximum Gasteiger partial charge on any atom is 0.437 e. The van der Waals surface area contributed by atoms with Crippen molar-refractivity contribution in [3.63, 3.8) is 0 Å². The van der Waals surface area contributed by atoms with Crippen molar-refractivity contribution in [2.24, 2.45) is 0 Å². The van der Waals surface area contributed by atoms with Gasteiger partial charge in [-0.25, -0.2) is 28.8 Å². The van der Waals surface area contributed by atoms with Gasteiger partial charge in [-0.3, -0.25) is 9.09 Å². The number of aliphatic hydroxyl groups is 2. The van der Waals surface area contributed by atoms with Gasteiger partial charge in [-0.2, -0.15) is 0 Å². The van der Waals surface area contributed by atoms with Crippen LogP contribution in [0.25, 0.3) is 11.2 Å². The largest absolute Gasteiger partial charge is 0.437 e. The molecule has 0 radical (unpaired) electrons. The molecule has 0 saturated carbocycles. The summed E-state index contributed by atoms with van der Waals surface area (Å²) >= 11 is 0. The Kier molecular flexibility index (Phi) is 4.65. The fourth-order valence-corrected chi connectivity index (χ4v) is 4.14. The van der Waals surface area contributed by atoms with E-state index in [-0.39, 0.29) is 5.82 Å². The van der Waals surface area contributed by atoms with E-state index in [9.17, 15) is 19.7 Å². The van der Waals surface area contributed by atoms with Gasteiger partial charge in [-0.05, 0) is 6.92 Å². The molecule has 1 saturated heterocycles. The fraction of sp³-hybridized carbons (Fsp3) is 0.429. The normalized spacial score (nSPS) is 27.3. The average molecular weight is 411 g/mol. The van der Waals surface area contributed by atoms with E-state index in [4.69, 9.17) is 15.0 Å². The van der Waals surface area contributed by atoms with Crippen molar-refractivity contribution < 1.29 is 28.9 Å². The Morgan fingerprint density at radius 2 is 2.07 bits per heavy atom. The number of nitrogens with two attached hydrogens (primary N) is 1. The number of aryl methyl sites for hydroxylation is 1. The number of nitrogens with zero attached hydrogens (tertiary/aromatic N) is 6. The number of hydrogen-bond donors (Lipinski definition) is 4. The first-order valence-corrected chi connectivity index (χ1v) is 9.75. The first-order chi connectivity index (χ1) is 13.3. The number of hydrogen-bond acceptors (Lipinski definition) is 10. The lowest BCUT2D eigenvalue weighted by Gasteiger charge is -2.18. The summed E-state index contributed by atoms with van der Waals surface area (Å²) in [6, 6.07) is 0. The first-order valence-electron chi connectivity index (χ1n) is 8.22. The molecule has 0 amide bonds. The minimum Gasteiger partial charge on any atom is -0.387 e. The predicted octanol–water partition coefficient (Wildman–Crippen LogP) is -0.802. The quantitative estimate of drug-likeness (QED) is 0.385. The van der Waals surface area contributed by atoms with Crippen LogP contribution >= 0.6 is 7.75 Å². The summed E-state index contributed by atoms with van der Waals surface area (Å²) in [6.45, 7) is 1.11. The number of rotatable bonds is 5. The van der Waals surface area contributed by atoms with Gasteiger partial charge in [0.05, 0.1) is 12.9 Å². The summed E-state index contributed by atoms with van der Waals surface area (Å²) in [5.74, 6) is 0.451. The molecule has 1 aliphatic heterocycles. The molecule has 3 aromatic heterocycles. The molecule has 4 rings (SSSR count). The summed E-state index contributed by atoms with van der Waals surface area (Å²) in [6.07, 6.45) is 0.425. The summed E-state index contributed by atoms with van der Waals surface area (Å²) in [5, 5.41) is 20.7. The van der Waals surface area contributed by atoms with E-state index in [0.29, 0.717) is 17.0 Å². The van der Waals surface area contributed by atoms with Gasteiger partial charge in [0.15, 0.2) is 17.7 Å². The zero-order chi connectivity index (χ0) is 20.1. The van der Waals surface area contributed by atoms with Gasteiger partial charge in [-0.15, -0.1) is 0 Å². The highest BCUT2D eigenvalue weighted by Crippen LogP contribution is 2.45. The third kappa shape index (κ3) is 3.07. The molecule has 14 heteroatoms. The topological polar surface area (TPSA) is 184 Å². The third-order valence-electron chi connectivity index (χ3n) is 4.48. The summed E-state index contributed by atoms with van der Waals surface area (Å²) < 4.78 is 25.5. The van der Waals surface area contributed by atoms with E-state index in [0.717, 1.165) is 4.34 Å². The molecule has 13 nitrogen and oxygen atoms in total. The molecule has 4 heterocycles. The smallest absolute Gasteiger partial charge is 0.387 e. The van der Waals surface area contributed by atoms with Crippen molar-refractivity contribution in [3.8, 4) is 0 Å². The Balaban J connectivity index is 1.52. The fourth-order valence-electron chi connectivity index (χ4n) is 3.02. The molecule has 1 aliphatic rings. The maximum absolute atomic E-state index is 12.4. The monoisotopic (exact) mass is 411 g/mol. The van der Waals surface area contributed by atoms with Gasteiger partial charge in [0.1, 0.15) is 36.0 Å². The molecule has 0 bridgehead atoms. The number of imidazole rings is 2. The lowest BCUT2D eigenvalue weighted by atomic mass is 10.1. The molecule has 28 heavy (non-hydrogen) atoms. The van der Waals surface area contributed by atoms with Gasteiger partial charge in [0.25, 0.3) is 0 Å². The SMILES string of the molecule is Cc1nccn1P(=O)(O)OC[C@H]1O[C@@H](n2cnc3c(N)ncnc32)[C@H](O)[C@@H]1O. The second kappa shape index (κ2) is 6.88. The van der Waals surface area contributed by atoms with Crippen molar-refractivity contribution in [3.05, 3.63) is 30.9 Å². The first kappa shape index (κ1) is 18.9. The van der Waals surface area contributed by atoms with Crippen LogP contribution in [0.4, 0.5) is 5.82 Å². The number of anilines is 1. The lowest BCUT2D eigenvalue weighted by Crippen LogP contribution is -2.33. The van der Waals surface area contributed by atoms with Crippen LogP contribution in [0.2, 0.25) is 0 Å². The Morgan fingerprint density at radius 3 is 2.79 bits per heavy atom. The molecular weight excluding hydrogens is 393 g/mol. The third-order valence-corrected chi connectivity index (χ3v) is 5.93. The highest BCUT2D eigenvalue weighted by Gasteiger charge is 2.45. The molecule has 150 valence electrons. The van der Waals surface area contributed by atoms with Crippen molar-refractivity contribution >= 4 is 24.7 Å². The zero-order valence-corrected chi connectivity index (χ0v) is 15.5. The number of aromatic nitrogens is 6. The second-order valence-electron chi connectivity index (χ2n) is 6.23. The van der Waals surface area contributed by atoms with E-state index < -0.39 is 38.9 Å². The van der Waals surface area contributed by atoms with Crippen LogP contribution < -0.4 is 5.73 Å². The molecule has 5 N–H and O–H groups in total. The number of fused-ring (bicyclic) bond motifs is 1.